The van der Waals surface area contributed by atoms with Crippen molar-refractivity contribution in [2.24, 2.45) is 5.92 Å². The van der Waals surface area contributed by atoms with E-state index in [9.17, 15) is 19.3 Å². The van der Waals surface area contributed by atoms with Crippen molar-refractivity contribution in [2.45, 2.75) is 12.8 Å². The zero-order valence-corrected chi connectivity index (χ0v) is 26.7. The third-order valence-electron chi connectivity index (χ3n) is 9.24. The van der Waals surface area contributed by atoms with Crippen molar-refractivity contribution < 1.29 is 8.78 Å². The number of allylic oxidation sites excluding steroid dienone is 10. The van der Waals surface area contributed by atoms with E-state index in [0.29, 0.717) is 5.57 Å². The topological polar surface area (TPSA) is 47.6 Å². The Balaban J connectivity index is 1.48. The highest BCUT2D eigenvalue weighted by Gasteiger charge is 2.36. The molecular weight excluding hydrogens is 607 g/mol. The zero-order valence-electron chi connectivity index (χ0n) is 26.7. The van der Waals surface area contributed by atoms with Gasteiger partial charge in [-0.15, -0.1) is 0 Å². The molecule has 0 saturated carbocycles. The molecule has 0 amide bonds. The average Bonchev–Trinajstić information content (AvgIpc) is 3.50. The van der Waals surface area contributed by atoms with Gasteiger partial charge in [0.05, 0.1) is 0 Å². The number of hydrogen-bond donors (Lipinski definition) is 0. The molecule has 0 fully saturated rings. The molecule has 4 heteroatoms. The van der Waals surface area contributed by atoms with Crippen molar-refractivity contribution in [3.8, 4) is 23.3 Å². The van der Waals surface area contributed by atoms with Crippen molar-refractivity contribution in [3.63, 3.8) is 0 Å². The van der Waals surface area contributed by atoms with Crippen molar-refractivity contribution in [3.05, 3.63) is 208 Å². The normalized spacial score (nSPS) is 17.1. The first-order chi connectivity index (χ1) is 24.0. The lowest BCUT2D eigenvalue weighted by Gasteiger charge is -2.25. The quantitative estimate of drug-likeness (QED) is 0.174. The minimum absolute atomic E-state index is 0.0228. The van der Waals surface area contributed by atoms with E-state index in [0.717, 1.165) is 61.2 Å². The van der Waals surface area contributed by atoms with Gasteiger partial charge in [0, 0.05) is 17.1 Å². The molecule has 5 aromatic carbocycles. The van der Waals surface area contributed by atoms with Crippen LogP contribution in [-0.4, -0.2) is 0 Å². The Kier molecular flexibility index (Phi) is 8.55. The second-order valence-corrected chi connectivity index (χ2v) is 12.2. The first kappa shape index (κ1) is 31.3. The number of benzene rings is 5. The van der Waals surface area contributed by atoms with E-state index in [-0.39, 0.29) is 29.0 Å². The van der Waals surface area contributed by atoms with Crippen molar-refractivity contribution >= 4 is 16.7 Å². The van der Waals surface area contributed by atoms with Crippen LogP contribution < -0.4 is 0 Å². The Morgan fingerprint density at radius 3 is 1.49 bits per heavy atom. The summed E-state index contributed by atoms with van der Waals surface area (Å²) < 4.78 is 27.5. The fourth-order valence-electron chi connectivity index (χ4n) is 6.94. The van der Waals surface area contributed by atoms with Gasteiger partial charge in [0.15, 0.2) is 0 Å². The Labute approximate surface area is 285 Å². The predicted octanol–water partition coefficient (Wildman–Crippen LogP) is 11.3. The zero-order chi connectivity index (χ0) is 33.9. The maximum Gasteiger partial charge on any atom is 0.138 e. The Morgan fingerprint density at radius 2 is 0.980 bits per heavy atom. The van der Waals surface area contributed by atoms with Gasteiger partial charge in [0.25, 0.3) is 0 Å². The molecule has 0 spiro atoms. The molecule has 2 nitrogen and oxygen atoms in total. The summed E-state index contributed by atoms with van der Waals surface area (Å²) in [7, 11) is 0. The molecule has 0 bridgehead atoms. The molecule has 0 saturated heterocycles. The van der Waals surface area contributed by atoms with Gasteiger partial charge in [0.2, 0.25) is 0 Å². The number of nitriles is 2. The van der Waals surface area contributed by atoms with Gasteiger partial charge < -0.3 is 0 Å². The lowest BCUT2D eigenvalue weighted by molar-refractivity contribution is 0.614. The molecular formula is C45H30F2N2. The molecule has 0 radical (unpaired) electrons. The first-order valence-electron chi connectivity index (χ1n) is 16.1. The monoisotopic (exact) mass is 636 g/mol. The summed E-state index contributed by atoms with van der Waals surface area (Å²) in [6.07, 6.45) is 6.40. The standard InChI is InChI=1S/C45H30F2N2/c1-29-26-36(20-25-40(29)32-18-23-39(47)24-19-32)44-42(34-10-6-3-7-11-34)41(33-8-4-2-5-9-33)43(45(44)37(27-48)28-49)35-14-12-30(13-15-35)31-16-21-38(46)22-17-31/h2-26,29,40H,1H3. The molecule has 234 valence electrons. The van der Waals surface area contributed by atoms with Gasteiger partial charge in [-0.3, -0.25) is 0 Å². The minimum atomic E-state index is -0.296. The summed E-state index contributed by atoms with van der Waals surface area (Å²) in [5.74, 6) is -0.492. The highest BCUT2D eigenvalue weighted by molar-refractivity contribution is 6.27. The molecule has 2 aliphatic carbocycles. The Bertz CT molecular complexity index is 2260. The predicted molar refractivity (Wildman–Crippen MR) is 192 cm³/mol. The summed E-state index contributed by atoms with van der Waals surface area (Å²) in [4.78, 5) is 0. The van der Waals surface area contributed by atoms with E-state index in [1.54, 1.807) is 12.1 Å². The summed E-state index contributed by atoms with van der Waals surface area (Å²) in [5, 5.41) is 21.0. The average molecular weight is 637 g/mol. The third-order valence-corrected chi connectivity index (χ3v) is 9.24. The number of nitrogens with zero attached hydrogens (tertiary/aromatic N) is 2. The van der Waals surface area contributed by atoms with Crippen LogP contribution in [0.3, 0.4) is 0 Å². The minimum Gasteiger partial charge on any atom is -0.207 e. The summed E-state index contributed by atoms with van der Waals surface area (Å²) in [6, 6.07) is 45.6. The van der Waals surface area contributed by atoms with Crippen LogP contribution in [-0.2, 0) is 0 Å². The molecule has 0 heterocycles. The van der Waals surface area contributed by atoms with Gasteiger partial charge >= 0.3 is 0 Å². The van der Waals surface area contributed by atoms with Crippen molar-refractivity contribution in [2.75, 3.05) is 0 Å². The van der Waals surface area contributed by atoms with Crippen LogP contribution >= 0.6 is 0 Å². The van der Waals surface area contributed by atoms with E-state index in [1.165, 1.54) is 24.3 Å². The highest BCUT2D eigenvalue weighted by Crippen LogP contribution is 2.55. The van der Waals surface area contributed by atoms with Gasteiger partial charge in [-0.05, 0) is 85.9 Å². The van der Waals surface area contributed by atoms with Crippen LogP contribution in [0.4, 0.5) is 8.78 Å². The summed E-state index contributed by atoms with van der Waals surface area (Å²) >= 11 is 0. The van der Waals surface area contributed by atoms with E-state index in [4.69, 9.17) is 0 Å². The van der Waals surface area contributed by atoms with E-state index in [2.05, 4.69) is 61.6 Å². The van der Waals surface area contributed by atoms with Crippen LogP contribution in [0.5, 0.6) is 0 Å². The van der Waals surface area contributed by atoms with E-state index < -0.39 is 0 Å². The van der Waals surface area contributed by atoms with Crippen LogP contribution in [0, 0.1) is 40.2 Å². The van der Waals surface area contributed by atoms with Gasteiger partial charge in [-0.1, -0.05) is 134 Å². The number of halogens is 2. The summed E-state index contributed by atoms with van der Waals surface area (Å²) in [5.41, 5.74) is 10.6. The molecule has 5 aromatic rings. The molecule has 2 aliphatic rings. The van der Waals surface area contributed by atoms with E-state index >= 15 is 0 Å². The van der Waals surface area contributed by atoms with Gasteiger partial charge in [-0.25, -0.2) is 8.78 Å². The van der Waals surface area contributed by atoms with Gasteiger partial charge in [-0.2, -0.15) is 10.5 Å². The summed E-state index contributed by atoms with van der Waals surface area (Å²) in [6.45, 7) is 2.13. The smallest absolute Gasteiger partial charge is 0.138 e. The third kappa shape index (κ3) is 5.98. The number of rotatable bonds is 6. The second-order valence-electron chi connectivity index (χ2n) is 12.2. The molecule has 49 heavy (non-hydrogen) atoms. The van der Waals surface area contributed by atoms with Crippen LogP contribution in [0.2, 0.25) is 0 Å². The number of hydrogen-bond acceptors (Lipinski definition) is 2. The Hall–Kier alpha value is -6.36. The molecule has 7 rings (SSSR count). The Morgan fingerprint density at radius 1 is 0.531 bits per heavy atom. The van der Waals surface area contributed by atoms with Crippen LogP contribution in [0.1, 0.15) is 35.1 Å². The SMILES string of the molecule is CC1C=C(C2=C(c3ccccc3)C(c3ccccc3)=C(c3ccc(-c4ccc(F)cc4)cc3)C2=C(C#N)C#N)C=CC1c1ccc(F)cc1. The lowest BCUT2D eigenvalue weighted by Crippen LogP contribution is -2.11. The fraction of sp³-hybridized carbons (Fsp3) is 0.0667. The highest BCUT2D eigenvalue weighted by atomic mass is 19.1. The first-order valence-corrected chi connectivity index (χ1v) is 16.1. The molecule has 2 atom stereocenters. The molecule has 0 aromatic heterocycles. The fourth-order valence-corrected chi connectivity index (χ4v) is 6.94. The van der Waals surface area contributed by atoms with E-state index in [1.807, 2.05) is 72.8 Å². The second kappa shape index (κ2) is 13.4. The lowest BCUT2D eigenvalue weighted by atomic mass is 9.78. The van der Waals surface area contributed by atoms with Crippen LogP contribution in [0.15, 0.2) is 174 Å². The van der Waals surface area contributed by atoms with Crippen molar-refractivity contribution in [1.82, 2.24) is 0 Å². The molecule has 0 aliphatic heterocycles. The van der Waals surface area contributed by atoms with Crippen molar-refractivity contribution in [1.29, 1.82) is 10.5 Å². The molecule has 0 N–H and O–H groups in total. The largest absolute Gasteiger partial charge is 0.207 e. The molecule has 2 unspecified atom stereocenters. The van der Waals surface area contributed by atoms with Gasteiger partial charge in [0.1, 0.15) is 29.3 Å². The van der Waals surface area contributed by atoms with Crippen LogP contribution in [0.25, 0.3) is 27.8 Å². The maximum atomic E-state index is 13.8. The maximum absolute atomic E-state index is 13.8.